The molecule has 7 nitrogen and oxygen atoms in total. The Bertz CT molecular complexity index is 982. The van der Waals surface area contributed by atoms with Gasteiger partial charge in [0, 0.05) is 62.9 Å². The SMILES string of the molecule is CN(C)CCN1C(=O)CC(CC(=O)N(C)CCc2ccccn2)(c2ccccc2Cl)C1=O. The summed E-state index contributed by atoms with van der Waals surface area (Å²) in [5, 5.41) is 0.382. The molecular weight excluding hydrogens is 428 g/mol. The predicted octanol–water partition coefficient (Wildman–Crippen LogP) is 2.38. The van der Waals surface area contributed by atoms with Gasteiger partial charge < -0.3 is 9.80 Å². The molecule has 3 rings (SSSR count). The Morgan fingerprint density at radius 3 is 2.47 bits per heavy atom. The first-order chi connectivity index (χ1) is 15.2. The van der Waals surface area contributed by atoms with E-state index in [-0.39, 0.29) is 37.1 Å². The summed E-state index contributed by atoms with van der Waals surface area (Å²) in [6.45, 7) is 1.29. The summed E-state index contributed by atoms with van der Waals surface area (Å²) in [6.07, 6.45) is 2.14. The molecule has 0 spiro atoms. The van der Waals surface area contributed by atoms with Gasteiger partial charge >= 0.3 is 0 Å². The van der Waals surface area contributed by atoms with E-state index in [0.717, 1.165) is 5.69 Å². The molecule has 1 aliphatic rings. The summed E-state index contributed by atoms with van der Waals surface area (Å²) < 4.78 is 0. The van der Waals surface area contributed by atoms with Crippen LogP contribution in [0.2, 0.25) is 5.02 Å². The van der Waals surface area contributed by atoms with E-state index in [9.17, 15) is 14.4 Å². The van der Waals surface area contributed by atoms with Gasteiger partial charge in [0.1, 0.15) is 0 Å². The molecule has 0 N–H and O–H groups in total. The maximum atomic E-state index is 13.6. The van der Waals surface area contributed by atoms with Crippen LogP contribution < -0.4 is 0 Å². The maximum absolute atomic E-state index is 13.6. The summed E-state index contributed by atoms with van der Waals surface area (Å²) in [5.41, 5.74) is 0.117. The quantitative estimate of drug-likeness (QED) is 0.542. The van der Waals surface area contributed by atoms with E-state index in [2.05, 4.69) is 4.98 Å². The maximum Gasteiger partial charge on any atom is 0.240 e. The zero-order valence-corrected chi connectivity index (χ0v) is 19.5. The van der Waals surface area contributed by atoms with E-state index in [1.54, 1.807) is 42.4 Å². The zero-order valence-electron chi connectivity index (χ0n) is 18.8. The Hall–Kier alpha value is -2.77. The molecule has 0 saturated carbocycles. The molecule has 32 heavy (non-hydrogen) atoms. The fourth-order valence-corrected chi connectivity index (χ4v) is 4.28. The number of benzene rings is 1. The van der Waals surface area contributed by atoms with Gasteiger partial charge in [-0.3, -0.25) is 24.3 Å². The number of hydrogen-bond donors (Lipinski definition) is 0. The van der Waals surface area contributed by atoms with Crippen LogP contribution in [0, 0.1) is 0 Å². The third-order valence-electron chi connectivity index (χ3n) is 5.88. The lowest BCUT2D eigenvalue weighted by atomic mass is 9.75. The largest absolute Gasteiger partial charge is 0.345 e. The Labute approximate surface area is 194 Å². The van der Waals surface area contributed by atoms with Crippen molar-refractivity contribution in [3.63, 3.8) is 0 Å². The third-order valence-corrected chi connectivity index (χ3v) is 6.21. The van der Waals surface area contributed by atoms with Crippen molar-refractivity contribution in [2.24, 2.45) is 0 Å². The van der Waals surface area contributed by atoms with Gasteiger partial charge in [-0.1, -0.05) is 35.9 Å². The molecular formula is C24H29ClN4O3. The van der Waals surface area contributed by atoms with Crippen LogP contribution in [0.4, 0.5) is 0 Å². The lowest BCUT2D eigenvalue weighted by Crippen LogP contribution is -2.44. The highest BCUT2D eigenvalue weighted by Gasteiger charge is 2.54. The molecule has 1 atom stereocenters. The second kappa shape index (κ2) is 10.2. The molecule has 2 heterocycles. The number of pyridine rings is 1. The summed E-state index contributed by atoms with van der Waals surface area (Å²) in [7, 11) is 5.47. The number of carbonyl (C=O) groups excluding carboxylic acids is 3. The minimum atomic E-state index is -1.29. The van der Waals surface area contributed by atoms with Crippen molar-refractivity contribution in [2.45, 2.75) is 24.7 Å². The van der Waals surface area contributed by atoms with Crippen LogP contribution >= 0.6 is 11.6 Å². The lowest BCUT2D eigenvalue weighted by molar-refractivity contribution is -0.142. The van der Waals surface area contributed by atoms with Crippen LogP contribution in [0.1, 0.15) is 24.1 Å². The normalized spacial score (nSPS) is 18.5. The van der Waals surface area contributed by atoms with E-state index in [1.807, 2.05) is 37.2 Å². The van der Waals surface area contributed by atoms with E-state index < -0.39 is 5.41 Å². The molecule has 0 aliphatic carbocycles. The average Bonchev–Trinajstić information content (AvgIpc) is 3.01. The smallest absolute Gasteiger partial charge is 0.240 e. The number of rotatable bonds is 9. The van der Waals surface area contributed by atoms with Crippen LogP contribution in [-0.4, -0.2) is 78.2 Å². The van der Waals surface area contributed by atoms with Crippen LogP contribution in [-0.2, 0) is 26.2 Å². The van der Waals surface area contributed by atoms with Gasteiger partial charge in [0.15, 0.2) is 0 Å². The Morgan fingerprint density at radius 2 is 1.81 bits per heavy atom. The number of likely N-dealkylation sites (N-methyl/N-ethyl adjacent to an activating group) is 2. The predicted molar refractivity (Wildman–Crippen MR) is 123 cm³/mol. The second-order valence-electron chi connectivity index (χ2n) is 8.46. The van der Waals surface area contributed by atoms with Crippen LogP contribution in [0.3, 0.4) is 0 Å². The first-order valence-corrected chi connectivity index (χ1v) is 11.0. The summed E-state index contributed by atoms with van der Waals surface area (Å²) in [4.78, 5) is 48.7. The van der Waals surface area contributed by atoms with E-state index in [4.69, 9.17) is 11.6 Å². The molecule has 1 aliphatic heterocycles. The van der Waals surface area contributed by atoms with E-state index in [1.165, 1.54) is 4.90 Å². The summed E-state index contributed by atoms with van der Waals surface area (Å²) in [6, 6.07) is 12.6. The van der Waals surface area contributed by atoms with Crippen molar-refractivity contribution < 1.29 is 14.4 Å². The van der Waals surface area contributed by atoms with Gasteiger partial charge in [0.2, 0.25) is 17.7 Å². The van der Waals surface area contributed by atoms with Gasteiger partial charge in [-0.2, -0.15) is 0 Å². The zero-order chi connectivity index (χ0) is 23.3. The van der Waals surface area contributed by atoms with E-state index >= 15 is 0 Å². The van der Waals surface area contributed by atoms with Crippen molar-refractivity contribution in [3.8, 4) is 0 Å². The van der Waals surface area contributed by atoms with Gasteiger partial charge in [-0.05, 0) is 37.9 Å². The Morgan fingerprint density at radius 1 is 1.09 bits per heavy atom. The molecule has 0 bridgehead atoms. The minimum Gasteiger partial charge on any atom is -0.345 e. The number of likely N-dealkylation sites (tertiary alicyclic amines) is 1. The molecule has 2 aromatic rings. The summed E-state index contributed by atoms with van der Waals surface area (Å²) in [5.74, 6) is -0.846. The van der Waals surface area contributed by atoms with Crippen LogP contribution in [0.25, 0.3) is 0 Å². The van der Waals surface area contributed by atoms with Crippen molar-refractivity contribution in [1.82, 2.24) is 19.7 Å². The van der Waals surface area contributed by atoms with Crippen LogP contribution in [0.15, 0.2) is 48.7 Å². The molecule has 1 fully saturated rings. The Balaban J connectivity index is 1.84. The highest BCUT2D eigenvalue weighted by molar-refractivity contribution is 6.32. The Kier molecular flexibility index (Phi) is 7.64. The van der Waals surface area contributed by atoms with Crippen molar-refractivity contribution >= 4 is 29.3 Å². The number of nitrogens with zero attached hydrogens (tertiary/aromatic N) is 4. The number of hydrogen-bond acceptors (Lipinski definition) is 5. The topological polar surface area (TPSA) is 73.8 Å². The van der Waals surface area contributed by atoms with Crippen molar-refractivity contribution in [3.05, 3.63) is 64.9 Å². The van der Waals surface area contributed by atoms with Gasteiger partial charge in [-0.25, -0.2) is 0 Å². The number of aromatic nitrogens is 1. The fourth-order valence-electron chi connectivity index (χ4n) is 3.97. The van der Waals surface area contributed by atoms with Crippen LogP contribution in [0.5, 0.6) is 0 Å². The number of imide groups is 1. The fraction of sp³-hybridized carbons (Fsp3) is 0.417. The average molecular weight is 457 g/mol. The van der Waals surface area contributed by atoms with Gasteiger partial charge in [-0.15, -0.1) is 0 Å². The molecule has 1 aromatic heterocycles. The lowest BCUT2D eigenvalue weighted by Gasteiger charge is -2.30. The van der Waals surface area contributed by atoms with Crippen molar-refractivity contribution in [2.75, 3.05) is 40.8 Å². The second-order valence-corrected chi connectivity index (χ2v) is 8.86. The molecule has 1 aromatic carbocycles. The first kappa shape index (κ1) is 23.9. The number of carbonyl (C=O) groups is 3. The summed E-state index contributed by atoms with van der Waals surface area (Å²) >= 11 is 6.46. The molecule has 3 amide bonds. The van der Waals surface area contributed by atoms with Gasteiger partial charge in [0.05, 0.1) is 5.41 Å². The number of halogens is 1. The standard InChI is InChI=1S/C24H29ClN4O3/c1-27(2)14-15-29-22(31)17-24(23(29)32,19-9-4-5-10-20(19)25)16-21(30)28(3)13-11-18-8-6-7-12-26-18/h4-10,12H,11,13-17H2,1-3H3. The molecule has 170 valence electrons. The monoisotopic (exact) mass is 456 g/mol. The number of amides is 3. The van der Waals surface area contributed by atoms with E-state index in [0.29, 0.717) is 30.1 Å². The first-order valence-electron chi connectivity index (χ1n) is 10.6. The molecule has 1 unspecified atom stereocenters. The van der Waals surface area contributed by atoms with Crippen molar-refractivity contribution in [1.29, 1.82) is 0 Å². The minimum absolute atomic E-state index is 0.0667. The molecule has 1 saturated heterocycles. The molecule has 0 radical (unpaired) electrons. The van der Waals surface area contributed by atoms with Gasteiger partial charge in [0.25, 0.3) is 0 Å². The highest BCUT2D eigenvalue weighted by atomic mass is 35.5. The third kappa shape index (κ3) is 5.16. The highest BCUT2D eigenvalue weighted by Crippen LogP contribution is 2.43. The molecule has 8 heteroatoms.